The standard InChI is InChI=1S/C15H17N2OPS/c1-9(2)6-13-15(17-14(8-16)20-13)10-4-5-11(18-3)12(19)7-10/h4-5,7,9H,6,19H2,1-3H3. The molecule has 2 rings (SSSR count). The van der Waals surface area contributed by atoms with Crippen molar-refractivity contribution in [2.45, 2.75) is 20.3 Å². The Morgan fingerprint density at radius 2 is 2.20 bits per heavy atom. The van der Waals surface area contributed by atoms with Gasteiger partial charge in [0.15, 0.2) is 5.01 Å². The van der Waals surface area contributed by atoms with Crippen molar-refractivity contribution in [3.05, 3.63) is 28.1 Å². The van der Waals surface area contributed by atoms with E-state index in [4.69, 9.17) is 10.00 Å². The number of hydrogen-bond acceptors (Lipinski definition) is 4. The van der Waals surface area contributed by atoms with Crippen LogP contribution in [0.3, 0.4) is 0 Å². The molecule has 5 heteroatoms. The number of nitrogens with zero attached hydrogens (tertiary/aromatic N) is 2. The van der Waals surface area contributed by atoms with E-state index in [-0.39, 0.29) is 0 Å². The second kappa shape index (κ2) is 6.35. The lowest BCUT2D eigenvalue weighted by Crippen LogP contribution is -2.00. The van der Waals surface area contributed by atoms with Gasteiger partial charge in [0.1, 0.15) is 11.8 Å². The monoisotopic (exact) mass is 304 g/mol. The second-order valence-corrected chi connectivity index (χ2v) is 6.66. The predicted molar refractivity (Wildman–Crippen MR) is 86.7 cm³/mol. The van der Waals surface area contributed by atoms with Crippen LogP contribution in [0.2, 0.25) is 0 Å². The first-order chi connectivity index (χ1) is 9.55. The number of benzene rings is 1. The van der Waals surface area contributed by atoms with Crippen molar-refractivity contribution in [2.24, 2.45) is 5.92 Å². The summed E-state index contributed by atoms with van der Waals surface area (Å²) in [5.41, 5.74) is 1.95. The van der Waals surface area contributed by atoms with E-state index in [1.165, 1.54) is 16.2 Å². The maximum atomic E-state index is 9.07. The van der Waals surface area contributed by atoms with Gasteiger partial charge in [0, 0.05) is 15.7 Å². The molecule has 0 aliphatic carbocycles. The fraction of sp³-hybridized carbons (Fsp3) is 0.333. The van der Waals surface area contributed by atoms with E-state index >= 15 is 0 Å². The Balaban J connectivity index is 2.48. The first-order valence-electron chi connectivity index (χ1n) is 6.38. The number of thiazole rings is 1. The summed E-state index contributed by atoms with van der Waals surface area (Å²) in [4.78, 5) is 5.63. The summed E-state index contributed by atoms with van der Waals surface area (Å²) in [6.45, 7) is 4.34. The van der Waals surface area contributed by atoms with Gasteiger partial charge < -0.3 is 4.74 Å². The lowest BCUT2D eigenvalue weighted by atomic mass is 10.0. The molecule has 20 heavy (non-hydrogen) atoms. The van der Waals surface area contributed by atoms with Gasteiger partial charge in [-0.15, -0.1) is 20.6 Å². The van der Waals surface area contributed by atoms with Crippen molar-refractivity contribution in [1.82, 2.24) is 4.98 Å². The van der Waals surface area contributed by atoms with Crippen molar-refractivity contribution >= 4 is 25.9 Å². The van der Waals surface area contributed by atoms with Crippen LogP contribution in [0.1, 0.15) is 23.7 Å². The van der Waals surface area contributed by atoms with Gasteiger partial charge in [-0.3, -0.25) is 0 Å². The summed E-state index contributed by atoms with van der Waals surface area (Å²) in [5, 5.41) is 10.6. The van der Waals surface area contributed by atoms with Crippen molar-refractivity contribution in [3.63, 3.8) is 0 Å². The topological polar surface area (TPSA) is 45.9 Å². The molecule has 1 unspecified atom stereocenters. The Morgan fingerprint density at radius 3 is 2.75 bits per heavy atom. The van der Waals surface area contributed by atoms with Gasteiger partial charge >= 0.3 is 0 Å². The Hall–Kier alpha value is -1.43. The molecule has 0 aliphatic heterocycles. The van der Waals surface area contributed by atoms with Crippen LogP contribution in [0.4, 0.5) is 0 Å². The summed E-state index contributed by atoms with van der Waals surface area (Å²) >= 11 is 1.49. The summed E-state index contributed by atoms with van der Waals surface area (Å²) < 4.78 is 5.27. The molecule has 0 bridgehead atoms. The van der Waals surface area contributed by atoms with Crippen molar-refractivity contribution in [3.8, 4) is 23.1 Å². The fourth-order valence-corrected chi connectivity index (χ4v) is 3.50. The maximum absolute atomic E-state index is 9.07. The Kier molecular flexibility index (Phi) is 4.75. The summed E-state index contributed by atoms with van der Waals surface area (Å²) in [7, 11) is 4.33. The normalized spacial score (nSPS) is 10.6. The highest BCUT2D eigenvalue weighted by atomic mass is 32.1. The van der Waals surface area contributed by atoms with Crippen LogP contribution in [-0.4, -0.2) is 12.1 Å². The maximum Gasteiger partial charge on any atom is 0.195 e. The van der Waals surface area contributed by atoms with Gasteiger partial charge in [-0.25, -0.2) is 4.98 Å². The molecule has 0 saturated heterocycles. The van der Waals surface area contributed by atoms with E-state index in [1.807, 2.05) is 18.2 Å². The van der Waals surface area contributed by atoms with Gasteiger partial charge in [0.2, 0.25) is 0 Å². The van der Waals surface area contributed by atoms with Gasteiger partial charge in [-0.05, 0) is 30.5 Å². The molecule has 0 fully saturated rings. The minimum atomic E-state index is 0.525. The summed E-state index contributed by atoms with van der Waals surface area (Å²) in [5.74, 6) is 1.37. The lowest BCUT2D eigenvalue weighted by Gasteiger charge is -2.08. The van der Waals surface area contributed by atoms with Crippen LogP contribution in [0.25, 0.3) is 11.3 Å². The highest BCUT2D eigenvalue weighted by Gasteiger charge is 2.15. The highest BCUT2D eigenvalue weighted by molar-refractivity contribution is 7.27. The third kappa shape index (κ3) is 3.17. The third-order valence-electron chi connectivity index (χ3n) is 2.89. The molecule has 0 N–H and O–H groups in total. The van der Waals surface area contributed by atoms with Crippen molar-refractivity contribution < 1.29 is 4.74 Å². The molecule has 1 heterocycles. The first kappa shape index (κ1) is 15.0. The van der Waals surface area contributed by atoms with Crippen molar-refractivity contribution in [1.29, 1.82) is 5.26 Å². The minimum absolute atomic E-state index is 0.525. The number of hydrogen-bond donors (Lipinski definition) is 0. The summed E-state index contributed by atoms with van der Waals surface area (Å²) in [6.07, 6.45) is 0.937. The molecule has 0 aliphatic rings. The average molecular weight is 304 g/mol. The minimum Gasteiger partial charge on any atom is -0.496 e. The smallest absolute Gasteiger partial charge is 0.195 e. The SMILES string of the molecule is COc1ccc(-c2nc(C#N)sc2CC(C)C)cc1P. The molecular weight excluding hydrogens is 287 g/mol. The number of nitriles is 1. The number of rotatable bonds is 4. The molecule has 0 saturated carbocycles. The van der Waals surface area contributed by atoms with E-state index in [2.05, 4.69) is 34.1 Å². The number of ether oxygens (including phenoxy) is 1. The van der Waals surface area contributed by atoms with Crippen LogP contribution in [0.15, 0.2) is 18.2 Å². The summed E-state index contributed by atoms with van der Waals surface area (Å²) in [6, 6.07) is 8.10. The Bertz CT molecular complexity index is 658. The first-order valence-corrected chi connectivity index (χ1v) is 7.78. The lowest BCUT2D eigenvalue weighted by molar-refractivity contribution is 0.418. The zero-order valence-corrected chi connectivity index (χ0v) is 13.8. The van der Waals surface area contributed by atoms with E-state index in [0.29, 0.717) is 10.9 Å². The molecule has 0 radical (unpaired) electrons. The van der Waals surface area contributed by atoms with E-state index in [1.54, 1.807) is 7.11 Å². The second-order valence-electron chi connectivity index (χ2n) is 4.96. The molecule has 1 atom stereocenters. The zero-order chi connectivity index (χ0) is 14.7. The van der Waals surface area contributed by atoms with Crippen molar-refractivity contribution in [2.75, 3.05) is 7.11 Å². The molecule has 3 nitrogen and oxygen atoms in total. The van der Waals surface area contributed by atoms with Gasteiger partial charge in [-0.2, -0.15) is 5.26 Å². The average Bonchev–Trinajstić information content (AvgIpc) is 2.81. The van der Waals surface area contributed by atoms with Crippen LogP contribution in [0, 0.1) is 17.2 Å². The molecule has 2 aromatic rings. The van der Waals surface area contributed by atoms with Crippen LogP contribution in [0.5, 0.6) is 5.75 Å². The third-order valence-corrected chi connectivity index (χ3v) is 4.32. The number of methoxy groups -OCH3 is 1. The Labute approximate surface area is 125 Å². The van der Waals surface area contributed by atoms with E-state index in [9.17, 15) is 0 Å². The molecule has 0 spiro atoms. The Morgan fingerprint density at radius 1 is 1.45 bits per heavy atom. The largest absolute Gasteiger partial charge is 0.496 e. The molecule has 1 aromatic heterocycles. The van der Waals surface area contributed by atoms with E-state index < -0.39 is 0 Å². The predicted octanol–water partition coefficient (Wildman–Crippen LogP) is 3.39. The zero-order valence-electron chi connectivity index (χ0n) is 11.8. The van der Waals surface area contributed by atoms with Crippen LogP contribution in [-0.2, 0) is 6.42 Å². The van der Waals surface area contributed by atoms with E-state index in [0.717, 1.165) is 28.7 Å². The fourth-order valence-electron chi connectivity index (χ4n) is 2.02. The van der Waals surface area contributed by atoms with Crippen LogP contribution >= 0.6 is 20.6 Å². The molecule has 104 valence electrons. The highest BCUT2D eigenvalue weighted by Crippen LogP contribution is 2.31. The van der Waals surface area contributed by atoms with Gasteiger partial charge in [-0.1, -0.05) is 13.8 Å². The number of aromatic nitrogens is 1. The van der Waals surface area contributed by atoms with Gasteiger partial charge in [0.25, 0.3) is 0 Å². The van der Waals surface area contributed by atoms with Gasteiger partial charge in [0.05, 0.1) is 12.8 Å². The molecular formula is C15H17N2OPS. The molecule has 1 aromatic carbocycles. The molecule has 0 amide bonds. The van der Waals surface area contributed by atoms with Crippen LogP contribution < -0.4 is 10.0 Å². The quantitative estimate of drug-likeness (QED) is 0.813.